The van der Waals surface area contributed by atoms with Gasteiger partial charge in [0.15, 0.2) is 0 Å². The Kier molecular flexibility index (Phi) is 4.51. The largest absolute Gasteiger partial charge is 0.392 e. The standard InChI is InChI=1S/C16H18O2S/c1-12-3-8-16(13(2)9-12)19(18)11-15-6-4-14(10-17)5-7-15/h3-9,17H,10-11H2,1-2H3. The van der Waals surface area contributed by atoms with E-state index in [0.29, 0.717) is 5.75 Å². The minimum atomic E-state index is -1.03. The number of aliphatic hydroxyl groups is 1. The average Bonchev–Trinajstić information content (AvgIpc) is 2.39. The highest BCUT2D eigenvalue weighted by atomic mass is 32.2. The first-order valence-corrected chi connectivity index (χ1v) is 7.56. The van der Waals surface area contributed by atoms with E-state index < -0.39 is 10.8 Å². The maximum atomic E-state index is 12.4. The van der Waals surface area contributed by atoms with Crippen molar-refractivity contribution in [3.05, 3.63) is 64.7 Å². The van der Waals surface area contributed by atoms with Gasteiger partial charge in [0.25, 0.3) is 0 Å². The molecule has 2 nitrogen and oxygen atoms in total. The molecule has 2 rings (SSSR count). The Morgan fingerprint density at radius 2 is 1.63 bits per heavy atom. The molecule has 0 aliphatic carbocycles. The monoisotopic (exact) mass is 274 g/mol. The third-order valence-corrected chi connectivity index (χ3v) is 4.62. The van der Waals surface area contributed by atoms with Crippen LogP contribution in [0.5, 0.6) is 0 Å². The molecular weight excluding hydrogens is 256 g/mol. The Balaban J connectivity index is 2.15. The van der Waals surface area contributed by atoms with Crippen molar-refractivity contribution < 1.29 is 9.32 Å². The normalized spacial score (nSPS) is 12.4. The lowest BCUT2D eigenvalue weighted by Crippen LogP contribution is -1.99. The van der Waals surface area contributed by atoms with Gasteiger partial charge in [-0.15, -0.1) is 0 Å². The summed E-state index contributed by atoms with van der Waals surface area (Å²) >= 11 is 0. The van der Waals surface area contributed by atoms with Crippen LogP contribution in [0.15, 0.2) is 47.4 Å². The van der Waals surface area contributed by atoms with E-state index in [1.54, 1.807) is 0 Å². The van der Waals surface area contributed by atoms with Gasteiger partial charge in [-0.3, -0.25) is 4.21 Å². The highest BCUT2D eigenvalue weighted by Gasteiger charge is 2.08. The third-order valence-electron chi connectivity index (χ3n) is 3.08. The molecule has 2 aromatic carbocycles. The Bertz CT molecular complexity index is 588. The molecule has 0 aliphatic rings. The van der Waals surface area contributed by atoms with Gasteiger partial charge in [-0.05, 0) is 36.6 Å². The maximum absolute atomic E-state index is 12.4. The number of aliphatic hydroxyl groups excluding tert-OH is 1. The summed E-state index contributed by atoms with van der Waals surface area (Å²) in [5, 5.41) is 8.99. The molecule has 0 fully saturated rings. The quantitative estimate of drug-likeness (QED) is 0.930. The summed E-state index contributed by atoms with van der Waals surface area (Å²) in [5.41, 5.74) is 4.16. The van der Waals surface area contributed by atoms with Crippen LogP contribution in [0.3, 0.4) is 0 Å². The van der Waals surface area contributed by atoms with E-state index in [1.807, 2.05) is 50.2 Å². The van der Waals surface area contributed by atoms with Crippen LogP contribution in [0.1, 0.15) is 22.3 Å². The molecule has 0 amide bonds. The van der Waals surface area contributed by atoms with E-state index in [0.717, 1.165) is 21.6 Å². The molecule has 2 aromatic rings. The zero-order chi connectivity index (χ0) is 13.8. The fourth-order valence-corrected chi connectivity index (χ4v) is 3.31. The van der Waals surface area contributed by atoms with Crippen LogP contribution in [0.4, 0.5) is 0 Å². The highest BCUT2D eigenvalue weighted by molar-refractivity contribution is 7.84. The highest BCUT2D eigenvalue weighted by Crippen LogP contribution is 2.18. The SMILES string of the molecule is Cc1ccc(S(=O)Cc2ccc(CO)cc2)c(C)c1. The second kappa shape index (κ2) is 6.13. The summed E-state index contributed by atoms with van der Waals surface area (Å²) in [6, 6.07) is 13.6. The summed E-state index contributed by atoms with van der Waals surface area (Å²) in [4.78, 5) is 0.900. The van der Waals surface area contributed by atoms with Gasteiger partial charge in [-0.1, -0.05) is 42.0 Å². The van der Waals surface area contributed by atoms with Crippen molar-refractivity contribution in [2.24, 2.45) is 0 Å². The second-order valence-corrected chi connectivity index (χ2v) is 6.15. The zero-order valence-corrected chi connectivity index (χ0v) is 12.0. The predicted octanol–water partition coefficient (Wildman–Crippen LogP) is 3.10. The van der Waals surface area contributed by atoms with Gasteiger partial charge in [-0.2, -0.15) is 0 Å². The summed E-state index contributed by atoms with van der Waals surface area (Å²) in [5.74, 6) is 0.510. The maximum Gasteiger partial charge on any atom is 0.0681 e. The molecule has 0 saturated heterocycles. The molecular formula is C16H18O2S. The van der Waals surface area contributed by atoms with Crippen LogP contribution >= 0.6 is 0 Å². The van der Waals surface area contributed by atoms with Gasteiger partial charge in [0.2, 0.25) is 0 Å². The van der Waals surface area contributed by atoms with Gasteiger partial charge in [0.1, 0.15) is 0 Å². The van der Waals surface area contributed by atoms with Crippen LogP contribution < -0.4 is 0 Å². The smallest absolute Gasteiger partial charge is 0.0681 e. The van der Waals surface area contributed by atoms with E-state index in [1.165, 1.54) is 5.56 Å². The Morgan fingerprint density at radius 1 is 1.00 bits per heavy atom. The fourth-order valence-electron chi connectivity index (χ4n) is 2.02. The molecule has 1 unspecified atom stereocenters. The first-order chi connectivity index (χ1) is 9.10. The molecule has 0 heterocycles. The molecule has 100 valence electrons. The van der Waals surface area contributed by atoms with Crippen molar-refractivity contribution in [2.75, 3.05) is 0 Å². The minimum absolute atomic E-state index is 0.0421. The summed E-state index contributed by atoms with van der Waals surface area (Å²) in [6.45, 7) is 4.07. The zero-order valence-electron chi connectivity index (χ0n) is 11.2. The molecule has 0 bridgehead atoms. The van der Waals surface area contributed by atoms with E-state index in [4.69, 9.17) is 5.11 Å². The van der Waals surface area contributed by atoms with E-state index in [9.17, 15) is 4.21 Å². The number of rotatable bonds is 4. The van der Waals surface area contributed by atoms with Crippen LogP contribution in [0, 0.1) is 13.8 Å². The second-order valence-electron chi connectivity index (χ2n) is 4.73. The summed E-state index contributed by atoms with van der Waals surface area (Å²) in [6.07, 6.45) is 0. The van der Waals surface area contributed by atoms with Crippen LogP contribution in [0.2, 0.25) is 0 Å². The number of aryl methyl sites for hydroxylation is 2. The molecule has 0 aromatic heterocycles. The molecule has 1 atom stereocenters. The topological polar surface area (TPSA) is 37.3 Å². The van der Waals surface area contributed by atoms with Gasteiger partial charge in [0, 0.05) is 4.90 Å². The van der Waals surface area contributed by atoms with E-state index >= 15 is 0 Å². The predicted molar refractivity (Wildman–Crippen MR) is 78.4 cm³/mol. The number of hydrogen-bond donors (Lipinski definition) is 1. The average molecular weight is 274 g/mol. The Labute approximate surface area is 116 Å². The van der Waals surface area contributed by atoms with E-state index in [-0.39, 0.29) is 6.61 Å². The van der Waals surface area contributed by atoms with E-state index in [2.05, 4.69) is 6.07 Å². The third kappa shape index (κ3) is 3.52. The molecule has 0 spiro atoms. The molecule has 19 heavy (non-hydrogen) atoms. The molecule has 0 radical (unpaired) electrons. The minimum Gasteiger partial charge on any atom is -0.392 e. The lowest BCUT2D eigenvalue weighted by atomic mass is 10.2. The molecule has 1 N–H and O–H groups in total. The van der Waals surface area contributed by atoms with Crippen molar-refractivity contribution in [3.8, 4) is 0 Å². The first-order valence-electron chi connectivity index (χ1n) is 6.24. The molecule has 0 saturated carbocycles. The summed E-state index contributed by atoms with van der Waals surface area (Å²) < 4.78 is 12.4. The lowest BCUT2D eigenvalue weighted by Gasteiger charge is -2.07. The van der Waals surface area contributed by atoms with Crippen LogP contribution in [-0.4, -0.2) is 9.32 Å². The van der Waals surface area contributed by atoms with Gasteiger partial charge in [-0.25, -0.2) is 0 Å². The van der Waals surface area contributed by atoms with Crippen molar-refractivity contribution >= 4 is 10.8 Å². The van der Waals surface area contributed by atoms with Crippen LogP contribution in [-0.2, 0) is 23.2 Å². The van der Waals surface area contributed by atoms with Gasteiger partial charge < -0.3 is 5.11 Å². The Morgan fingerprint density at radius 3 is 2.21 bits per heavy atom. The number of hydrogen-bond acceptors (Lipinski definition) is 2. The van der Waals surface area contributed by atoms with Crippen molar-refractivity contribution in [2.45, 2.75) is 31.1 Å². The first kappa shape index (κ1) is 14.0. The molecule has 3 heteroatoms. The molecule has 0 aliphatic heterocycles. The fraction of sp³-hybridized carbons (Fsp3) is 0.250. The van der Waals surface area contributed by atoms with Crippen molar-refractivity contribution in [1.82, 2.24) is 0 Å². The Hall–Kier alpha value is -1.45. The summed E-state index contributed by atoms with van der Waals surface area (Å²) in [7, 11) is -1.03. The van der Waals surface area contributed by atoms with Crippen LogP contribution in [0.25, 0.3) is 0 Å². The van der Waals surface area contributed by atoms with Crippen molar-refractivity contribution in [1.29, 1.82) is 0 Å². The number of benzene rings is 2. The van der Waals surface area contributed by atoms with Crippen molar-refractivity contribution in [3.63, 3.8) is 0 Å². The van der Waals surface area contributed by atoms with Gasteiger partial charge in [0.05, 0.1) is 23.2 Å². The lowest BCUT2D eigenvalue weighted by molar-refractivity contribution is 0.282. The van der Waals surface area contributed by atoms with Gasteiger partial charge >= 0.3 is 0 Å².